The summed E-state index contributed by atoms with van der Waals surface area (Å²) in [6.07, 6.45) is 0.867. The van der Waals surface area contributed by atoms with Gasteiger partial charge in [-0.05, 0) is 17.5 Å². The van der Waals surface area contributed by atoms with Gasteiger partial charge >= 0.3 is 0 Å². The van der Waals surface area contributed by atoms with Gasteiger partial charge in [-0.3, -0.25) is 9.59 Å². The number of rotatable bonds is 2. The van der Waals surface area contributed by atoms with Crippen LogP contribution in [0.25, 0.3) is 0 Å². The number of likely N-dealkylation sites (tertiary alicyclic amines) is 1. The maximum Gasteiger partial charge on any atom is 0.242 e. The van der Waals surface area contributed by atoms with Gasteiger partial charge < -0.3 is 9.80 Å². The summed E-state index contributed by atoms with van der Waals surface area (Å²) in [7, 11) is 0. The molecule has 2 aliphatic rings. The quantitative estimate of drug-likeness (QED) is 0.804. The molecule has 2 heterocycles. The van der Waals surface area contributed by atoms with Gasteiger partial charge in [0.1, 0.15) is 0 Å². The van der Waals surface area contributed by atoms with E-state index in [1.165, 1.54) is 11.1 Å². The largest absolute Gasteiger partial charge is 0.333 e. The van der Waals surface area contributed by atoms with Crippen LogP contribution < -0.4 is 0 Å². The van der Waals surface area contributed by atoms with Crippen molar-refractivity contribution in [3.8, 4) is 0 Å². The first-order valence-corrected chi connectivity index (χ1v) is 6.78. The Labute approximate surface area is 113 Å². The van der Waals surface area contributed by atoms with E-state index in [2.05, 4.69) is 12.1 Å². The molecule has 0 spiro atoms. The van der Waals surface area contributed by atoms with Gasteiger partial charge in [-0.1, -0.05) is 31.2 Å². The summed E-state index contributed by atoms with van der Waals surface area (Å²) in [5.74, 6) is 0.243. The highest BCUT2D eigenvalue weighted by molar-refractivity contribution is 5.87. The second-order valence-corrected chi connectivity index (χ2v) is 5.47. The molecule has 4 nitrogen and oxygen atoms in total. The summed E-state index contributed by atoms with van der Waals surface area (Å²) < 4.78 is 0. The molecule has 1 aromatic rings. The molecule has 2 amide bonds. The molecule has 0 N–H and O–H groups in total. The van der Waals surface area contributed by atoms with Crippen LogP contribution in [0.1, 0.15) is 24.5 Å². The summed E-state index contributed by atoms with van der Waals surface area (Å²) in [5, 5.41) is 0. The summed E-state index contributed by atoms with van der Waals surface area (Å²) in [6.45, 7) is 4.22. The highest BCUT2D eigenvalue weighted by Crippen LogP contribution is 2.23. The van der Waals surface area contributed by atoms with E-state index in [9.17, 15) is 9.59 Å². The van der Waals surface area contributed by atoms with E-state index in [0.29, 0.717) is 19.6 Å². The van der Waals surface area contributed by atoms with Crippen molar-refractivity contribution in [2.75, 3.05) is 13.1 Å². The lowest BCUT2D eigenvalue weighted by Crippen LogP contribution is -2.39. The first kappa shape index (κ1) is 12.2. The molecule has 4 heteroatoms. The third-order valence-electron chi connectivity index (χ3n) is 4.08. The van der Waals surface area contributed by atoms with Crippen molar-refractivity contribution in [1.82, 2.24) is 9.80 Å². The number of amides is 2. The van der Waals surface area contributed by atoms with E-state index in [0.717, 1.165) is 6.42 Å². The molecule has 19 heavy (non-hydrogen) atoms. The van der Waals surface area contributed by atoms with E-state index < -0.39 is 0 Å². The van der Waals surface area contributed by atoms with Gasteiger partial charge in [0.15, 0.2) is 0 Å². The molecule has 1 atom stereocenters. The standard InChI is InChI=1S/C15H18N2O2/c1-11-6-7-16(15(11)19)10-14(18)17-8-12-4-2-3-5-13(12)9-17/h2-5,11H,6-10H2,1H3. The van der Waals surface area contributed by atoms with E-state index in [1.807, 2.05) is 24.0 Å². The maximum absolute atomic E-state index is 12.3. The molecule has 2 aliphatic heterocycles. The molecular formula is C15H18N2O2. The normalized spacial score (nSPS) is 21.9. The molecule has 0 radical (unpaired) electrons. The highest BCUT2D eigenvalue weighted by atomic mass is 16.2. The zero-order valence-electron chi connectivity index (χ0n) is 11.1. The highest BCUT2D eigenvalue weighted by Gasteiger charge is 2.31. The molecule has 3 rings (SSSR count). The Bertz CT molecular complexity index is 502. The van der Waals surface area contributed by atoms with Crippen molar-refractivity contribution in [2.45, 2.75) is 26.4 Å². The number of nitrogens with zero attached hydrogens (tertiary/aromatic N) is 2. The Morgan fingerprint density at radius 2 is 1.89 bits per heavy atom. The lowest BCUT2D eigenvalue weighted by Gasteiger charge is -2.21. The van der Waals surface area contributed by atoms with Gasteiger partial charge in [0, 0.05) is 25.6 Å². The van der Waals surface area contributed by atoms with Crippen LogP contribution in [0.15, 0.2) is 24.3 Å². The predicted octanol–water partition coefficient (Wildman–Crippen LogP) is 1.40. The summed E-state index contributed by atoms with van der Waals surface area (Å²) >= 11 is 0. The molecule has 1 unspecified atom stereocenters. The molecule has 0 bridgehead atoms. The smallest absolute Gasteiger partial charge is 0.242 e. The van der Waals surface area contributed by atoms with Gasteiger partial charge in [0.2, 0.25) is 11.8 Å². The van der Waals surface area contributed by atoms with Gasteiger partial charge in [-0.2, -0.15) is 0 Å². The van der Waals surface area contributed by atoms with E-state index in [-0.39, 0.29) is 24.3 Å². The van der Waals surface area contributed by atoms with Gasteiger partial charge in [-0.15, -0.1) is 0 Å². The lowest BCUT2D eigenvalue weighted by molar-refractivity contribution is -0.139. The second-order valence-electron chi connectivity index (χ2n) is 5.47. The first-order valence-electron chi connectivity index (χ1n) is 6.78. The van der Waals surface area contributed by atoms with E-state index >= 15 is 0 Å². The number of hydrogen-bond acceptors (Lipinski definition) is 2. The minimum atomic E-state index is 0.0543. The van der Waals surface area contributed by atoms with E-state index in [1.54, 1.807) is 4.90 Å². The molecule has 1 aromatic carbocycles. The number of carbonyl (C=O) groups excluding carboxylic acids is 2. The zero-order chi connectivity index (χ0) is 13.4. The van der Waals surface area contributed by atoms with Crippen LogP contribution in [0, 0.1) is 5.92 Å². The average molecular weight is 258 g/mol. The van der Waals surface area contributed by atoms with Crippen molar-refractivity contribution in [3.05, 3.63) is 35.4 Å². The molecule has 100 valence electrons. The van der Waals surface area contributed by atoms with Crippen LogP contribution in [0.5, 0.6) is 0 Å². The fourth-order valence-corrected chi connectivity index (χ4v) is 2.82. The number of benzene rings is 1. The molecule has 1 fully saturated rings. The summed E-state index contributed by atoms with van der Waals surface area (Å²) in [5.41, 5.74) is 2.44. The van der Waals surface area contributed by atoms with Crippen molar-refractivity contribution < 1.29 is 9.59 Å². The van der Waals surface area contributed by atoms with Crippen molar-refractivity contribution >= 4 is 11.8 Å². The third-order valence-corrected chi connectivity index (χ3v) is 4.08. The van der Waals surface area contributed by atoms with Crippen LogP contribution in [0.4, 0.5) is 0 Å². The first-order chi connectivity index (χ1) is 9.15. The van der Waals surface area contributed by atoms with E-state index in [4.69, 9.17) is 0 Å². The fourth-order valence-electron chi connectivity index (χ4n) is 2.82. The number of carbonyl (C=O) groups is 2. The van der Waals surface area contributed by atoms with Gasteiger partial charge in [-0.25, -0.2) is 0 Å². The Morgan fingerprint density at radius 3 is 2.42 bits per heavy atom. The third kappa shape index (κ3) is 2.23. The fraction of sp³-hybridized carbons (Fsp3) is 0.467. The summed E-state index contributed by atoms with van der Waals surface area (Å²) in [4.78, 5) is 27.6. The van der Waals surface area contributed by atoms with Crippen LogP contribution in [0.3, 0.4) is 0 Å². The summed E-state index contributed by atoms with van der Waals surface area (Å²) in [6, 6.07) is 8.12. The van der Waals surface area contributed by atoms with Crippen LogP contribution >= 0.6 is 0 Å². The molecule has 0 saturated carbocycles. The van der Waals surface area contributed by atoms with Crippen molar-refractivity contribution in [3.63, 3.8) is 0 Å². The Kier molecular flexibility index (Phi) is 3.01. The average Bonchev–Trinajstić information content (AvgIpc) is 2.97. The Morgan fingerprint density at radius 1 is 1.26 bits per heavy atom. The minimum absolute atomic E-state index is 0.0543. The molecular weight excluding hydrogens is 240 g/mol. The SMILES string of the molecule is CC1CCN(CC(=O)N2Cc3ccccc3C2)C1=O. The topological polar surface area (TPSA) is 40.6 Å². The Balaban J connectivity index is 1.63. The minimum Gasteiger partial charge on any atom is -0.333 e. The van der Waals surface area contributed by atoms with Crippen molar-refractivity contribution in [1.29, 1.82) is 0 Å². The number of fused-ring (bicyclic) bond motifs is 1. The van der Waals surface area contributed by atoms with Crippen LogP contribution in [0.2, 0.25) is 0 Å². The van der Waals surface area contributed by atoms with Crippen molar-refractivity contribution in [2.24, 2.45) is 5.92 Å². The van der Waals surface area contributed by atoms with Crippen LogP contribution in [-0.4, -0.2) is 34.7 Å². The molecule has 0 aliphatic carbocycles. The lowest BCUT2D eigenvalue weighted by atomic mass is 10.1. The monoisotopic (exact) mass is 258 g/mol. The van der Waals surface area contributed by atoms with Crippen LogP contribution in [-0.2, 0) is 22.7 Å². The maximum atomic E-state index is 12.3. The predicted molar refractivity (Wildman–Crippen MR) is 71.1 cm³/mol. The number of hydrogen-bond donors (Lipinski definition) is 0. The molecule has 1 saturated heterocycles. The van der Waals surface area contributed by atoms with Gasteiger partial charge in [0.05, 0.1) is 6.54 Å². The molecule has 0 aromatic heterocycles. The second kappa shape index (κ2) is 4.68. The zero-order valence-corrected chi connectivity index (χ0v) is 11.1. The van der Waals surface area contributed by atoms with Gasteiger partial charge in [0.25, 0.3) is 0 Å². The Hall–Kier alpha value is -1.84.